The largest absolute Gasteiger partial charge is 0.478 e. The van der Waals surface area contributed by atoms with Crippen molar-refractivity contribution in [2.24, 2.45) is 0 Å². The normalized spacial score (nSPS) is 14.4. The van der Waals surface area contributed by atoms with Crippen molar-refractivity contribution in [2.45, 2.75) is 6.92 Å². The number of aromatic carboxylic acids is 1. The van der Waals surface area contributed by atoms with Crippen LogP contribution in [0.2, 0.25) is 5.02 Å². The number of carbonyl (C=O) groups is 4. The Morgan fingerprint density at radius 3 is 2.53 bits per heavy atom. The molecule has 9 nitrogen and oxygen atoms in total. The first-order valence-electron chi connectivity index (χ1n) is 10.1. The molecule has 0 atom stereocenters. The lowest BCUT2D eigenvalue weighted by Gasteiger charge is -2.12. The van der Waals surface area contributed by atoms with Crippen molar-refractivity contribution in [3.05, 3.63) is 82.2 Å². The Bertz CT molecular complexity index is 1340. The fraction of sp³-hybridized carbons (Fsp3) is 0.0833. The number of anilines is 1. The number of imide groups is 1. The number of halogens is 1. The third kappa shape index (κ3) is 4.84. The van der Waals surface area contributed by atoms with E-state index in [1.807, 2.05) is 19.1 Å². The quantitative estimate of drug-likeness (QED) is 0.360. The van der Waals surface area contributed by atoms with Crippen LogP contribution in [0.1, 0.15) is 21.7 Å². The van der Waals surface area contributed by atoms with Crippen LogP contribution in [0, 0.1) is 6.92 Å². The lowest BCUT2D eigenvalue weighted by atomic mass is 10.1. The van der Waals surface area contributed by atoms with Gasteiger partial charge in [-0.1, -0.05) is 35.4 Å². The number of furan rings is 1. The molecule has 0 aliphatic carbocycles. The topological polar surface area (TPSA) is 129 Å². The van der Waals surface area contributed by atoms with Crippen LogP contribution in [0.25, 0.3) is 17.4 Å². The van der Waals surface area contributed by atoms with E-state index >= 15 is 0 Å². The van der Waals surface area contributed by atoms with Crippen LogP contribution >= 0.6 is 11.6 Å². The predicted molar refractivity (Wildman–Crippen MR) is 124 cm³/mol. The van der Waals surface area contributed by atoms with Crippen LogP contribution in [-0.4, -0.2) is 40.4 Å². The molecule has 172 valence electrons. The molecule has 1 aliphatic heterocycles. The molecule has 2 aromatic carbocycles. The number of nitrogens with zero attached hydrogens (tertiary/aromatic N) is 1. The molecule has 1 saturated heterocycles. The third-order valence-electron chi connectivity index (χ3n) is 5.00. The SMILES string of the molecule is Cc1ccc(NC(=O)CN2C(=O)N/C(=C/c3ccc(-c4ccc(C(=O)O)c(Cl)c4)o3)C2=O)cc1. The van der Waals surface area contributed by atoms with Crippen LogP contribution in [0.5, 0.6) is 0 Å². The summed E-state index contributed by atoms with van der Waals surface area (Å²) >= 11 is 6.00. The van der Waals surface area contributed by atoms with Gasteiger partial charge in [0.15, 0.2) is 0 Å². The highest BCUT2D eigenvalue weighted by Crippen LogP contribution is 2.28. The zero-order chi connectivity index (χ0) is 24.4. The van der Waals surface area contributed by atoms with Gasteiger partial charge >= 0.3 is 12.0 Å². The minimum absolute atomic E-state index is 0.0370. The zero-order valence-electron chi connectivity index (χ0n) is 17.8. The van der Waals surface area contributed by atoms with E-state index in [9.17, 15) is 19.2 Å². The maximum Gasteiger partial charge on any atom is 0.337 e. The highest BCUT2D eigenvalue weighted by atomic mass is 35.5. The number of carboxylic acids is 1. The van der Waals surface area contributed by atoms with Gasteiger partial charge in [-0.3, -0.25) is 9.59 Å². The molecule has 0 spiro atoms. The number of aryl methyl sites for hydroxylation is 1. The summed E-state index contributed by atoms with van der Waals surface area (Å²) in [5, 5.41) is 14.2. The molecule has 2 heterocycles. The molecule has 3 aromatic rings. The van der Waals surface area contributed by atoms with E-state index in [0.717, 1.165) is 10.5 Å². The highest BCUT2D eigenvalue weighted by molar-refractivity contribution is 6.33. The van der Waals surface area contributed by atoms with E-state index in [1.54, 1.807) is 30.3 Å². The summed E-state index contributed by atoms with van der Waals surface area (Å²) in [7, 11) is 0. The number of amides is 4. The van der Waals surface area contributed by atoms with Crippen molar-refractivity contribution in [3.63, 3.8) is 0 Å². The fourth-order valence-corrected chi connectivity index (χ4v) is 3.53. The molecule has 4 amide bonds. The summed E-state index contributed by atoms with van der Waals surface area (Å²) in [5.74, 6) is -1.68. The van der Waals surface area contributed by atoms with Crippen LogP contribution in [0.3, 0.4) is 0 Å². The first-order chi connectivity index (χ1) is 16.2. The number of benzene rings is 2. The van der Waals surface area contributed by atoms with E-state index in [0.29, 0.717) is 17.0 Å². The second kappa shape index (κ2) is 9.24. The Hall–Kier alpha value is -4.37. The van der Waals surface area contributed by atoms with E-state index < -0.39 is 30.4 Å². The minimum Gasteiger partial charge on any atom is -0.478 e. The molecule has 3 N–H and O–H groups in total. The fourth-order valence-electron chi connectivity index (χ4n) is 3.27. The average molecular weight is 480 g/mol. The number of nitrogens with one attached hydrogen (secondary N) is 2. The van der Waals surface area contributed by atoms with Crippen molar-refractivity contribution < 1.29 is 28.7 Å². The number of hydrogen-bond acceptors (Lipinski definition) is 5. The molecule has 10 heteroatoms. The van der Waals surface area contributed by atoms with Crippen LogP contribution in [-0.2, 0) is 9.59 Å². The smallest absolute Gasteiger partial charge is 0.337 e. The zero-order valence-corrected chi connectivity index (χ0v) is 18.6. The molecule has 0 bridgehead atoms. The summed E-state index contributed by atoms with van der Waals surface area (Å²) in [6.45, 7) is 1.46. The van der Waals surface area contributed by atoms with Crippen molar-refractivity contribution in [1.82, 2.24) is 10.2 Å². The van der Waals surface area contributed by atoms with E-state index in [4.69, 9.17) is 21.1 Å². The molecule has 1 aromatic heterocycles. The van der Waals surface area contributed by atoms with E-state index in [-0.39, 0.29) is 22.0 Å². The molecule has 34 heavy (non-hydrogen) atoms. The van der Waals surface area contributed by atoms with Gasteiger partial charge in [0.05, 0.1) is 10.6 Å². The van der Waals surface area contributed by atoms with Gasteiger partial charge in [0.2, 0.25) is 5.91 Å². The van der Waals surface area contributed by atoms with Gasteiger partial charge in [0.25, 0.3) is 5.91 Å². The maximum absolute atomic E-state index is 12.7. The summed E-state index contributed by atoms with van der Waals surface area (Å²) in [6.07, 6.45) is 1.34. The van der Waals surface area contributed by atoms with E-state index in [1.165, 1.54) is 18.2 Å². The Kier molecular flexibility index (Phi) is 6.20. The number of urea groups is 1. The van der Waals surface area contributed by atoms with Crippen LogP contribution in [0.15, 0.2) is 64.7 Å². The molecule has 1 aliphatic rings. The van der Waals surface area contributed by atoms with Crippen molar-refractivity contribution in [2.75, 3.05) is 11.9 Å². The minimum atomic E-state index is -1.14. The van der Waals surface area contributed by atoms with Gasteiger partial charge in [-0.25, -0.2) is 14.5 Å². The average Bonchev–Trinajstić information content (AvgIpc) is 3.35. The predicted octanol–water partition coefficient (Wildman–Crippen LogP) is 4.14. The standard InChI is InChI=1S/C24H18ClN3O6/c1-13-2-5-15(6-3-13)26-21(29)12-28-22(30)19(27-24(28)33)11-16-7-9-20(34-16)14-4-8-17(23(31)32)18(25)10-14/h2-11H,12H2,1H3,(H,26,29)(H,27,33)(H,31,32)/b19-11+. The second-order valence-corrected chi connectivity index (χ2v) is 7.90. The van der Waals surface area contributed by atoms with Crippen molar-refractivity contribution in [3.8, 4) is 11.3 Å². The van der Waals surface area contributed by atoms with Crippen LogP contribution in [0.4, 0.5) is 10.5 Å². The summed E-state index contributed by atoms with van der Waals surface area (Å²) in [6, 6.07) is 13.9. The second-order valence-electron chi connectivity index (χ2n) is 7.50. The number of carbonyl (C=O) groups excluding carboxylic acids is 3. The van der Waals surface area contributed by atoms with Gasteiger partial charge in [0, 0.05) is 17.3 Å². The first-order valence-corrected chi connectivity index (χ1v) is 10.4. The Morgan fingerprint density at radius 2 is 1.85 bits per heavy atom. The molecule has 1 fully saturated rings. The van der Waals surface area contributed by atoms with Gasteiger partial charge in [-0.15, -0.1) is 0 Å². The number of carboxylic acid groups (broad SMARTS) is 1. The third-order valence-corrected chi connectivity index (χ3v) is 5.31. The van der Waals surface area contributed by atoms with Gasteiger partial charge in [-0.05, 0) is 43.3 Å². The highest BCUT2D eigenvalue weighted by Gasteiger charge is 2.35. The van der Waals surface area contributed by atoms with Crippen molar-refractivity contribution in [1.29, 1.82) is 0 Å². The summed E-state index contributed by atoms with van der Waals surface area (Å²) in [4.78, 5) is 49.1. The molecular formula is C24H18ClN3O6. The lowest BCUT2D eigenvalue weighted by molar-refractivity contribution is -0.127. The molecular weight excluding hydrogens is 462 g/mol. The van der Waals surface area contributed by atoms with Gasteiger partial charge < -0.3 is 20.2 Å². The Morgan fingerprint density at radius 1 is 1.12 bits per heavy atom. The lowest BCUT2D eigenvalue weighted by Crippen LogP contribution is -2.38. The molecule has 4 rings (SSSR count). The molecule has 0 unspecified atom stereocenters. The Labute approximate surface area is 198 Å². The van der Waals surface area contributed by atoms with Gasteiger partial charge in [0.1, 0.15) is 23.8 Å². The number of rotatable bonds is 6. The molecule has 0 radical (unpaired) electrons. The van der Waals surface area contributed by atoms with Crippen molar-refractivity contribution >= 4 is 47.2 Å². The first kappa shape index (κ1) is 22.8. The summed E-state index contributed by atoms with van der Waals surface area (Å²) < 4.78 is 5.69. The number of hydrogen-bond donors (Lipinski definition) is 3. The monoisotopic (exact) mass is 479 g/mol. The Balaban J connectivity index is 1.45. The molecule has 0 saturated carbocycles. The summed E-state index contributed by atoms with van der Waals surface area (Å²) in [5.41, 5.74) is 2.04. The van der Waals surface area contributed by atoms with Crippen LogP contribution < -0.4 is 10.6 Å². The van der Waals surface area contributed by atoms with Gasteiger partial charge in [-0.2, -0.15) is 0 Å². The maximum atomic E-state index is 12.7. The van der Waals surface area contributed by atoms with E-state index in [2.05, 4.69) is 10.6 Å².